The first-order chi connectivity index (χ1) is 13.5. The van der Waals surface area contributed by atoms with Crippen molar-refractivity contribution in [1.29, 1.82) is 0 Å². The summed E-state index contributed by atoms with van der Waals surface area (Å²) >= 11 is 6.01. The SMILES string of the molecule is CCCc1nc(-c2ccc(F)cc2)cnc1NC(=O)CC1=CC=C(Cl)CC=C1. The molecule has 0 unspecified atom stereocenters. The van der Waals surface area contributed by atoms with Crippen molar-refractivity contribution in [3.63, 3.8) is 0 Å². The van der Waals surface area contributed by atoms with Gasteiger partial charge in [0.05, 0.1) is 24.0 Å². The molecule has 1 heterocycles. The summed E-state index contributed by atoms with van der Waals surface area (Å²) < 4.78 is 13.1. The second kappa shape index (κ2) is 9.42. The molecule has 0 saturated heterocycles. The van der Waals surface area contributed by atoms with Crippen molar-refractivity contribution >= 4 is 23.3 Å². The Kier molecular flexibility index (Phi) is 6.71. The van der Waals surface area contributed by atoms with Crippen LogP contribution in [0.4, 0.5) is 10.2 Å². The number of allylic oxidation sites excluding steroid dienone is 5. The zero-order valence-corrected chi connectivity index (χ0v) is 16.3. The minimum atomic E-state index is -0.299. The average Bonchev–Trinajstić information content (AvgIpc) is 2.88. The maximum absolute atomic E-state index is 13.1. The Labute approximate surface area is 168 Å². The third-order valence-corrected chi connectivity index (χ3v) is 4.50. The Balaban J connectivity index is 1.77. The van der Waals surface area contributed by atoms with Gasteiger partial charge >= 0.3 is 0 Å². The molecule has 0 aliphatic heterocycles. The molecule has 1 N–H and O–H groups in total. The summed E-state index contributed by atoms with van der Waals surface area (Å²) in [6, 6.07) is 6.11. The first kappa shape index (κ1) is 20.0. The molecule has 2 aromatic rings. The van der Waals surface area contributed by atoms with Gasteiger partial charge in [0, 0.05) is 17.0 Å². The Morgan fingerprint density at radius 1 is 1.25 bits per heavy atom. The highest BCUT2D eigenvalue weighted by Gasteiger charge is 2.13. The fourth-order valence-electron chi connectivity index (χ4n) is 2.83. The molecule has 0 saturated carbocycles. The highest BCUT2D eigenvalue weighted by Crippen LogP contribution is 2.22. The molecule has 28 heavy (non-hydrogen) atoms. The van der Waals surface area contributed by atoms with Crippen LogP contribution in [-0.4, -0.2) is 15.9 Å². The fraction of sp³-hybridized carbons (Fsp3) is 0.227. The van der Waals surface area contributed by atoms with Gasteiger partial charge in [-0.15, -0.1) is 0 Å². The van der Waals surface area contributed by atoms with Crippen LogP contribution in [0.15, 0.2) is 65.4 Å². The van der Waals surface area contributed by atoms with E-state index in [-0.39, 0.29) is 18.1 Å². The topological polar surface area (TPSA) is 54.9 Å². The monoisotopic (exact) mass is 397 g/mol. The molecule has 0 bridgehead atoms. The van der Waals surface area contributed by atoms with E-state index >= 15 is 0 Å². The Hall–Kier alpha value is -2.79. The standard InChI is InChI=1S/C22H21ClFN3O/c1-2-4-19-22(25-14-20(26-19)16-8-11-18(24)12-9-16)27-21(28)13-15-5-3-6-17(23)10-7-15/h3,5,7-12,14H,2,4,6,13H2,1H3,(H,25,27,28). The number of nitrogens with one attached hydrogen (secondary N) is 1. The van der Waals surface area contributed by atoms with E-state index in [1.54, 1.807) is 18.3 Å². The number of nitrogens with zero attached hydrogens (tertiary/aromatic N) is 2. The van der Waals surface area contributed by atoms with Crippen molar-refractivity contribution in [3.8, 4) is 11.3 Å². The van der Waals surface area contributed by atoms with Gasteiger partial charge in [-0.25, -0.2) is 14.4 Å². The molecular weight excluding hydrogens is 377 g/mol. The van der Waals surface area contributed by atoms with Gasteiger partial charge < -0.3 is 5.32 Å². The van der Waals surface area contributed by atoms with E-state index in [1.807, 2.05) is 31.2 Å². The molecule has 3 rings (SSSR count). The summed E-state index contributed by atoms with van der Waals surface area (Å²) in [4.78, 5) is 21.5. The van der Waals surface area contributed by atoms with Crippen molar-refractivity contribution in [2.75, 3.05) is 5.32 Å². The Morgan fingerprint density at radius 3 is 2.79 bits per heavy atom. The van der Waals surface area contributed by atoms with Crippen LogP contribution < -0.4 is 5.32 Å². The summed E-state index contributed by atoms with van der Waals surface area (Å²) in [6.07, 6.45) is 11.5. The van der Waals surface area contributed by atoms with Crippen LogP contribution in [0.2, 0.25) is 0 Å². The van der Waals surface area contributed by atoms with E-state index in [1.165, 1.54) is 12.1 Å². The molecule has 1 amide bonds. The molecule has 0 radical (unpaired) electrons. The van der Waals surface area contributed by atoms with E-state index in [2.05, 4.69) is 15.3 Å². The third kappa shape index (κ3) is 5.36. The Bertz CT molecular complexity index is 949. The number of halogens is 2. The lowest BCUT2D eigenvalue weighted by molar-refractivity contribution is -0.115. The smallest absolute Gasteiger partial charge is 0.229 e. The summed E-state index contributed by atoms with van der Waals surface area (Å²) in [5.41, 5.74) is 3.02. The molecule has 144 valence electrons. The van der Waals surface area contributed by atoms with Gasteiger partial charge in [-0.1, -0.05) is 43.2 Å². The first-order valence-electron chi connectivity index (χ1n) is 9.18. The predicted octanol–water partition coefficient (Wildman–Crippen LogP) is 5.57. The molecule has 0 atom stereocenters. The number of rotatable bonds is 6. The summed E-state index contributed by atoms with van der Waals surface area (Å²) in [6.45, 7) is 2.04. The lowest BCUT2D eigenvalue weighted by Crippen LogP contribution is -2.15. The van der Waals surface area contributed by atoms with Crippen LogP contribution in [-0.2, 0) is 11.2 Å². The van der Waals surface area contributed by atoms with Gasteiger partial charge in [-0.05, 0) is 42.3 Å². The Morgan fingerprint density at radius 2 is 2.04 bits per heavy atom. The summed E-state index contributed by atoms with van der Waals surface area (Å²) in [7, 11) is 0. The van der Waals surface area contributed by atoms with Crippen molar-refractivity contribution in [2.24, 2.45) is 0 Å². The van der Waals surface area contributed by atoms with Crippen LogP contribution in [0, 0.1) is 5.82 Å². The molecule has 1 aliphatic rings. The fourth-order valence-corrected chi connectivity index (χ4v) is 2.98. The van der Waals surface area contributed by atoms with Gasteiger partial charge in [0.15, 0.2) is 5.82 Å². The second-order valence-corrected chi connectivity index (χ2v) is 6.98. The van der Waals surface area contributed by atoms with Crippen LogP contribution in [0.3, 0.4) is 0 Å². The zero-order chi connectivity index (χ0) is 19.9. The number of hydrogen-bond donors (Lipinski definition) is 1. The van der Waals surface area contributed by atoms with Crippen molar-refractivity contribution in [1.82, 2.24) is 9.97 Å². The van der Waals surface area contributed by atoms with E-state index < -0.39 is 0 Å². The number of anilines is 1. The molecule has 1 aliphatic carbocycles. The van der Waals surface area contributed by atoms with Gasteiger partial charge in [0.25, 0.3) is 0 Å². The summed E-state index contributed by atoms with van der Waals surface area (Å²) in [5, 5.41) is 3.60. The van der Waals surface area contributed by atoms with Crippen LogP contribution in [0.25, 0.3) is 11.3 Å². The zero-order valence-electron chi connectivity index (χ0n) is 15.6. The first-order valence-corrected chi connectivity index (χ1v) is 9.56. The van der Waals surface area contributed by atoms with Crippen LogP contribution in [0.1, 0.15) is 31.9 Å². The number of benzene rings is 1. The molecule has 0 fully saturated rings. The number of aryl methyl sites for hydroxylation is 1. The maximum atomic E-state index is 13.1. The normalized spacial score (nSPS) is 13.5. The van der Waals surface area contributed by atoms with Crippen LogP contribution >= 0.6 is 11.6 Å². The molecule has 1 aromatic heterocycles. The number of hydrogen-bond acceptors (Lipinski definition) is 3. The minimum Gasteiger partial charge on any atom is -0.309 e. The van der Waals surface area contributed by atoms with Crippen molar-refractivity contribution < 1.29 is 9.18 Å². The highest BCUT2D eigenvalue weighted by molar-refractivity contribution is 6.29. The lowest BCUT2D eigenvalue weighted by Gasteiger charge is -2.11. The highest BCUT2D eigenvalue weighted by atomic mass is 35.5. The third-order valence-electron chi connectivity index (χ3n) is 4.22. The van der Waals surface area contributed by atoms with Gasteiger partial charge in [-0.3, -0.25) is 4.79 Å². The van der Waals surface area contributed by atoms with E-state index in [0.29, 0.717) is 30.0 Å². The van der Waals surface area contributed by atoms with E-state index in [9.17, 15) is 9.18 Å². The van der Waals surface area contributed by atoms with Gasteiger partial charge in [-0.2, -0.15) is 0 Å². The molecule has 6 heteroatoms. The molecular formula is C22H21ClFN3O. The second-order valence-electron chi connectivity index (χ2n) is 6.49. The predicted molar refractivity (Wildman–Crippen MR) is 110 cm³/mol. The lowest BCUT2D eigenvalue weighted by atomic mass is 10.1. The number of carbonyl (C=O) groups excluding carboxylic acids is 1. The van der Waals surface area contributed by atoms with Crippen molar-refractivity contribution in [3.05, 3.63) is 76.9 Å². The quantitative estimate of drug-likeness (QED) is 0.692. The van der Waals surface area contributed by atoms with Gasteiger partial charge in [0.2, 0.25) is 5.91 Å². The molecule has 1 aromatic carbocycles. The summed E-state index contributed by atoms with van der Waals surface area (Å²) in [5.74, 6) is 0.000342. The number of amides is 1. The minimum absolute atomic E-state index is 0.163. The molecule has 0 spiro atoms. The molecule has 4 nitrogen and oxygen atoms in total. The van der Waals surface area contributed by atoms with E-state index in [0.717, 1.165) is 22.6 Å². The average molecular weight is 398 g/mol. The van der Waals surface area contributed by atoms with Crippen molar-refractivity contribution in [2.45, 2.75) is 32.6 Å². The van der Waals surface area contributed by atoms with E-state index in [4.69, 9.17) is 11.6 Å². The van der Waals surface area contributed by atoms with Gasteiger partial charge in [0.1, 0.15) is 5.82 Å². The largest absolute Gasteiger partial charge is 0.309 e. The maximum Gasteiger partial charge on any atom is 0.229 e. The number of aromatic nitrogens is 2. The number of carbonyl (C=O) groups is 1. The van der Waals surface area contributed by atoms with Crippen LogP contribution in [0.5, 0.6) is 0 Å².